The lowest BCUT2D eigenvalue weighted by Gasteiger charge is -2.20. The maximum Gasteiger partial charge on any atom is 0.227 e. The van der Waals surface area contributed by atoms with Gasteiger partial charge in [-0.3, -0.25) is 24.8 Å². The minimum absolute atomic E-state index is 0.0764. The smallest absolute Gasteiger partial charge is 0.227 e. The van der Waals surface area contributed by atoms with Crippen molar-refractivity contribution in [2.45, 2.75) is 32.1 Å². The summed E-state index contributed by atoms with van der Waals surface area (Å²) >= 11 is 0. The minimum atomic E-state index is 0.0764. The molecule has 1 fully saturated rings. The zero-order chi connectivity index (χ0) is 26.2. The molecule has 0 aromatic carbocycles. The molecule has 0 aliphatic heterocycles. The first kappa shape index (κ1) is 23.2. The van der Waals surface area contributed by atoms with Gasteiger partial charge in [-0.2, -0.15) is 5.10 Å². The van der Waals surface area contributed by atoms with E-state index in [1.807, 2.05) is 48.5 Å². The van der Waals surface area contributed by atoms with Crippen LogP contribution in [0.2, 0.25) is 0 Å². The van der Waals surface area contributed by atoms with E-state index in [0.717, 1.165) is 76.0 Å². The van der Waals surface area contributed by atoms with Gasteiger partial charge in [0.1, 0.15) is 11.2 Å². The lowest BCUT2D eigenvalue weighted by Crippen LogP contribution is -2.24. The van der Waals surface area contributed by atoms with Crippen LogP contribution in [0.3, 0.4) is 0 Å². The van der Waals surface area contributed by atoms with E-state index in [-0.39, 0.29) is 11.8 Å². The Kier molecular flexibility index (Phi) is 5.81. The first-order valence-electron chi connectivity index (χ1n) is 13.2. The van der Waals surface area contributed by atoms with Crippen molar-refractivity contribution in [1.29, 1.82) is 0 Å². The number of nitrogens with zero attached hydrogens (tertiary/aromatic N) is 5. The van der Waals surface area contributed by atoms with Crippen molar-refractivity contribution < 1.29 is 4.79 Å². The fourth-order valence-electron chi connectivity index (χ4n) is 5.39. The number of amides is 1. The molecule has 192 valence electrons. The number of aromatic nitrogens is 7. The largest absolute Gasteiger partial charge is 0.353 e. The monoisotopic (exact) mass is 514 g/mol. The van der Waals surface area contributed by atoms with Crippen LogP contribution in [0.1, 0.15) is 32.1 Å². The molecule has 7 rings (SSSR count). The molecular weight excluding hydrogens is 488 g/mol. The van der Waals surface area contributed by atoms with Crippen molar-refractivity contribution in [2.24, 2.45) is 5.92 Å². The molecular formula is C30H26N8O. The number of nitrogens with one attached hydrogen (secondary N) is 3. The van der Waals surface area contributed by atoms with Gasteiger partial charge in [-0.05, 0) is 55.3 Å². The molecule has 1 saturated carbocycles. The van der Waals surface area contributed by atoms with Gasteiger partial charge in [0.15, 0.2) is 0 Å². The van der Waals surface area contributed by atoms with Gasteiger partial charge in [0.05, 0.1) is 40.2 Å². The summed E-state index contributed by atoms with van der Waals surface area (Å²) in [5.74, 6) is 0.155. The van der Waals surface area contributed by atoms with Crippen LogP contribution in [0.5, 0.6) is 0 Å². The van der Waals surface area contributed by atoms with E-state index in [0.29, 0.717) is 11.4 Å². The second kappa shape index (κ2) is 9.75. The van der Waals surface area contributed by atoms with E-state index in [9.17, 15) is 4.79 Å². The molecule has 6 heterocycles. The zero-order valence-corrected chi connectivity index (χ0v) is 21.2. The van der Waals surface area contributed by atoms with Crippen LogP contribution in [0.4, 0.5) is 5.69 Å². The average Bonchev–Trinajstić information content (AvgIpc) is 3.62. The van der Waals surface area contributed by atoms with Crippen molar-refractivity contribution in [3.05, 3.63) is 73.3 Å². The summed E-state index contributed by atoms with van der Waals surface area (Å²) in [4.78, 5) is 34.6. The number of carbonyl (C=O) groups is 1. The topological polar surface area (TPSA) is 125 Å². The number of hydrogen-bond donors (Lipinski definition) is 3. The number of H-pyrrole nitrogens is 2. The normalized spacial score (nSPS) is 14.2. The first-order valence-corrected chi connectivity index (χ1v) is 13.2. The molecule has 1 amide bonds. The lowest BCUT2D eigenvalue weighted by molar-refractivity contribution is -0.120. The SMILES string of the molecule is O=C(Nc1cncc(-c2ccc3[nH]nc(-c4cc5c(-c6ccccn6)nccc5[nH]4)c3n2)c1)C1CCCCC1. The summed E-state index contributed by atoms with van der Waals surface area (Å²) < 4.78 is 0. The van der Waals surface area contributed by atoms with E-state index in [1.165, 1.54) is 6.42 Å². The van der Waals surface area contributed by atoms with Crippen molar-refractivity contribution >= 4 is 33.5 Å². The van der Waals surface area contributed by atoms with Gasteiger partial charge in [0, 0.05) is 41.0 Å². The van der Waals surface area contributed by atoms with Crippen molar-refractivity contribution in [3.8, 4) is 34.0 Å². The van der Waals surface area contributed by atoms with Gasteiger partial charge >= 0.3 is 0 Å². The minimum Gasteiger partial charge on any atom is -0.353 e. The van der Waals surface area contributed by atoms with Crippen LogP contribution in [0.15, 0.2) is 73.3 Å². The Balaban J connectivity index is 1.23. The molecule has 6 aromatic rings. The molecule has 0 saturated heterocycles. The highest BCUT2D eigenvalue weighted by Crippen LogP contribution is 2.33. The van der Waals surface area contributed by atoms with E-state index in [4.69, 9.17) is 4.98 Å². The molecule has 6 aromatic heterocycles. The van der Waals surface area contributed by atoms with Gasteiger partial charge in [0.25, 0.3) is 0 Å². The number of fused-ring (bicyclic) bond motifs is 2. The van der Waals surface area contributed by atoms with E-state index < -0.39 is 0 Å². The Morgan fingerprint density at radius 1 is 0.872 bits per heavy atom. The molecule has 0 radical (unpaired) electrons. The predicted octanol–water partition coefficient (Wildman–Crippen LogP) is 6.14. The highest BCUT2D eigenvalue weighted by atomic mass is 16.1. The molecule has 1 aliphatic carbocycles. The third-order valence-corrected chi connectivity index (χ3v) is 7.40. The number of pyridine rings is 4. The second-order valence-corrected chi connectivity index (χ2v) is 9.97. The first-order chi connectivity index (χ1) is 19.2. The van der Waals surface area contributed by atoms with Crippen molar-refractivity contribution in [3.63, 3.8) is 0 Å². The van der Waals surface area contributed by atoms with Crippen LogP contribution in [0, 0.1) is 5.92 Å². The standard InChI is InChI=1S/C30H26N8O/c39-30(18-6-2-1-3-7-18)34-20-14-19(16-31-17-20)22-9-10-25-28(36-22)29(38-37-25)26-15-21-23(35-26)11-13-33-27(21)24-8-4-5-12-32-24/h4-5,8-18,35H,1-3,6-7H2,(H,34,39)(H,37,38). The predicted molar refractivity (Wildman–Crippen MR) is 151 cm³/mol. The Morgan fingerprint density at radius 3 is 2.67 bits per heavy atom. The maximum absolute atomic E-state index is 12.8. The lowest BCUT2D eigenvalue weighted by atomic mass is 9.88. The third kappa shape index (κ3) is 4.41. The van der Waals surface area contributed by atoms with Crippen LogP contribution in [-0.2, 0) is 4.79 Å². The molecule has 3 N–H and O–H groups in total. The van der Waals surface area contributed by atoms with Crippen LogP contribution in [-0.4, -0.2) is 41.0 Å². The van der Waals surface area contributed by atoms with Gasteiger partial charge < -0.3 is 10.3 Å². The molecule has 0 unspecified atom stereocenters. The van der Waals surface area contributed by atoms with Crippen LogP contribution in [0.25, 0.3) is 56.0 Å². The highest BCUT2D eigenvalue weighted by molar-refractivity contribution is 5.99. The average molecular weight is 515 g/mol. The maximum atomic E-state index is 12.8. The fraction of sp³-hybridized carbons (Fsp3) is 0.200. The third-order valence-electron chi connectivity index (χ3n) is 7.40. The van der Waals surface area contributed by atoms with Gasteiger partial charge in [-0.1, -0.05) is 25.3 Å². The summed E-state index contributed by atoms with van der Waals surface area (Å²) in [6, 6.07) is 15.6. The Labute approximate surface area is 224 Å². The molecule has 0 bridgehead atoms. The summed E-state index contributed by atoms with van der Waals surface area (Å²) in [5, 5.41) is 11.7. The van der Waals surface area contributed by atoms with Crippen molar-refractivity contribution in [1.82, 2.24) is 35.1 Å². The molecule has 0 spiro atoms. The highest BCUT2D eigenvalue weighted by Gasteiger charge is 2.21. The number of aromatic amines is 2. The molecule has 0 atom stereocenters. The second-order valence-electron chi connectivity index (χ2n) is 9.97. The van der Waals surface area contributed by atoms with Crippen molar-refractivity contribution in [2.75, 3.05) is 5.32 Å². The Hall–Kier alpha value is -4.92. The molecule has 9 nitrogen and oxygen atoms in total. The number of carbonyl (C=O) groups excluding carboxylic acids is 1. The number of hydrogen-bond acceptors (Lipinski definition) is 6. The summed E-state index contributed by atoms with van der Waals surface area (Å²) in [5.41, 5.74) is 7.92. The van der Waals surface area contributed by atoms with Crippen LogP contribution >= 0.6 is 0 Å². The van der Waals surface area contributed by atoms with E-state index >= 15 is 0 Å². The summed E-state index contributed by atoms with van der Waals surface area (Å²) in [7, 11) is 0. The van der Waals surface area contributed by atoms with Gasteiger partial charge in [-0.15, -0.1) is 0 Å². The summed E-state index contributed by atoms with van der Waals surface area (Å²) in [6.07, 6.45) is 12.3. The van der Waals surface area contributed by atoms with E-state index in [2.05, 4.69) is 35.5 Å². The van der Waals surface area contributed by atoms with Gasteiger partial charge in [-0.25, -0.2) is 4.98 Å². The van der Waals surface area contributed by atoms with Crippen LogP contribution < -0.4 is 5.32 Å². The molecule has 39 heavy (non-hydrogen) atoms. The summed E-state index contributed by atoms with van der Waals surface area (Å²) in [6.45, 7) is 0. The molecule has 1 aliphatic rings. The molecule has 9 heteroatoms. The van der Waals surface area contributed by atoms with Gasteiger partial charge in [0.2, 0.25) is 5.91 Å². The Bertz CT molecular complexity index is 1800. The number of anilines is 1. The quantitative estimate of drug-likeness (QED) is 0.254. The Morgan fingerprint density at radius 2 is 1.79 bits per heavy atom. The zero-order valence-electron chi connectivity index (χ0n) is 21.2. The van der Waals surface area contributed by atoms with E-state index in [1.54, 1.807) is 24.8 Å². The fourth-order valence-corrected chi connectivity index (χ4v) is 5.39. The number of rotatable bonds is 5.